The van der Waals surface area contributed by atoms with E-state index in [4.69, 9.17) is 4.74 Å². The number of hydrogen-bond donors (Lipinski definition) is 1. The Morgan fingerprint density at radius 3 is 1.43 bits per heavy atom. The molecule has 0 aliphatic rings. The summed E-state index contributed by atoms with van der Waals surface area (Å²) in [4.78, 5) is 26.6. The highest BCUT2D eigenvalue weighted by Crippen LogP contribution is 2.50. The number of carbonyl (C=O) groups excluding carboxylic acids is 2. The van der Waals surface area contributed by atoms with Crippen LogP contribution in [0.4, 0.5) is 0 Å². The van der Waals surface area contributed by atoms with Crippen molar-refractivity contribution in [1.82, 2.24) is 5.32 Å². The number of nitrogens with one attached hydrogen (secondary N) is 1. The van der Waals surface area contributed by atoms with Gasteiger partial charge in [-0.2, -0.15) is 0 Å². The Hall–Kier alpha value is -3.27. The Morgan fingerprint density at radius 2 is 1.10 bits per heavy atom. The molecule has 42 heavy (non-hydrogen) atoms. The first-order valence-corrected chi connectivity index (χ1v) is 17.9. The molecule has 2 atom stereocenters. The highest BCUT2D eigenvalue weighted by atomic mass is 32.2. The van der Waals surface area contributed by atoms with Gasteiger partial charge in [-0.05, 0) is 39.2 Å². The molecule has 0 bridgehead atoms. The summed E-state index contributed by atoms with van der Waals surface area (Å²) < 4.78 is 4.57. The van der Waals surface area contributed by atoms with Gasteiger partial charge in [-0.1, -0.05) is 139 Å². The molecular weight excluding hydrogens is 555 g/mol. The highest BCUT2D eigenvalue weighted by molar-refractivity contribution is 8.01. The van der Waals surface area contributed by atoms with Gasteiger partial charge in [0.1, 0.15) is 14.1 Å². The normalized spacial score (nSPS) is 13.3. The molecular formula is C36H45NO3SSi. The van der Waals surface area contributed by atoms with Crippen molar-refractivity contribution in [2.24, 2.45) is 0 Å². The third-order valence-electron chi connectivity index (χ3n) is 8.37. The number of thioether (sulfide) groups is 1. The van der Waals surface area contributed by atoms with Crippen molar-refractivity contribution in [3.8, 4) is 11.5 Å². The average molecular weight is 600 g/mol. The van der Waals surface area contributed by atoms with Gasteiger partial charge in [-0.25, -0.2) is 4.79 Å². The van der Waals surface area contributed by atoms with Crippen LogP contribution in [0.1, 0.15) is 65.2 Å². The molecule has 4 nitrogen and oxygen atoms in total. The van der Waals surface area contributed by atoms with E-state index in [1.54, 1.807) is 11.8 Å². The Bertz CT molecular complexity index is 1250. The fraction of sp³-hybridized carbons (Fsp3) is 0.389. The summed E-state index contributed by atoms with van der Waals surface area (Å²) in [5, 5.41) is 2.58. The molecule has 0 fully saturated rings. The van der Waals surface area contributed by atoms with E-state index in [2.05, 4.69) is 94.7 Å². The van der Waals surface area contributed by atoms with Crippen molar-refractivity contribution >= 4 is 31.7 Å². The maximum atomic E-state index is 13.4. The zero-order valence-electron chi connectivity index (χ0n) is 26.2. The molecule has 0 aliphatic carbocycles. The van der Waals surface area contributed by atoms with Gasteiger partial charge in [-0.15, -0.1) is 17.3 Å². The van der Waals surface area contributed by atoms with E-state index in [1.807, 2.05) is 61.5 Å². The SMILES string of the molecule is COC(=O)C(NC(=O)C#C[Si](C(C)C)(C(C)C)C(C)C)C(C)SC(c1ccccc1)(c1ccccc1)c1ccccc1. The van der Waals surface area contributed by atoms with Crippen LogP contribution >= 0.6 is 11.8 Å². The molecule has 0 spiro atoms. The number of carbonyl (C=O) groups is 2. The monoisotopic (exact) mass is 599 g/mol. The van der Waals surface area contributed by atoms with Gasteiger partial charge >= 0.3 is 5.97 Å². The largest absolute Gasteiger partial charge is 0.467 e. The van der Waals surface area contributed by atoms with Crippen LogP contribution in [0, 0.1) is 11.5 Å². The van der Waals surface area contributed by atoms with Crippen LogP contribution < -0.4 is 5.32 Å². The first-order chi connectivity index (χ1) is 20.0. The molecule has 1 N–H and O–H groups in total. The van der Waals surface area contributed by atoms with Gasteiger partial charge in [0.25, 0.3) is 5.91 Å². The third kappa shape index (κ3) is 7.02. The lowest BCUT2D eigenvalue weighted by Gasteiger charge is -2.39. The number of methoxy groups -OCH3 is 1. The average Bonchev–Trinajstić information content (AvgIpc) is 2.99. The lowest BCUT2D eigenvalue weighted by Crippen LogP contribution is -2.48. The highest BCUT2D eigenvalue weighted by Gasteiger charge is 2.43. The Labute approximate surface area is 258 Å². The molecule has 0 heterocycles. The van der Waals surface area contributed by atoms with Gasteiger partial charge in [0.15, 0.2) is 0 Å². The number of benzene rings is 3. The van der Waals surface area contributed by atoms with Gasteiger partial charge in [0, 0.05) is 5.25 Å². The van der Waals surface area contributed by atoms with Crippen LogP contribution in [0.25, 0.3) is 0 Å². The topological polar surface area (TPSA) is 55.4 Å². The van der Waals surface area contributed by atoms with Crippen LogP contribution in [-0.4, -0.2) is 38.4 Å². The molecule has 222 valence electrons. The predicted molar refractivity (Wildman–Crippen MR) is 179 cm³/mol. The Kier molecular flexibility index (Phi) is 11.7. The van der Waals surface area contributed by atoms with E-state index < -0.39 is 30.7 Å². The van der Waals surface area contributed by atoms with Gasteiger partial charge in [-0.3, -0.25) is 4.79 Å². The molecule has 0 saturated heterocycles. The number of ether oxygens (including phenoxy) is 1. The maximum absolute atomic E-state index is 13.4. The lowest BCUT2D eigenvalue weighted by atomic mass is 9.84. The van der Waals surface area contributed by atoms with E-state index in [-0.39, 0.29) is 5.25 Å². The minimum atomic E-state index is -2.12. The molecule has 6 heteroatoms. The second-order valence-electron chi connectivity index (χ2n) is 11.7. The zero-order valence-corrected chi connectivity index (χ0v) is 28.0. The smallest absolute Gasteiger partial charge is 0.329 e. The van der Waals surface area contributed by atoms with Gasteiger partial charge < -0.3 is 10.1 Å². The summed E-state index contributed by atoms with van der Waals surface area (Å²) >= 11 is 1.63. The standard InChI is InChI=1S/C36H45NO3SSi/c1-26(2)42(27(3)4,28(5)6)25-24-33(38)37-34(35(39)40-8)29(7)41-36(30-18-12-9-13-19-30,31-20-14-10-15-21-31)32-22-16-11-17-23-32/h9-23,26-29,34H,1-8H3,(H,37,38). The molecule has 0 radical (unpaired) electrons. The minimum Gasteiger partial charge on any atom is -0.467 e. The van der Waals surface area contributed by atoms with E-state index in [9.17, 15) is 9.59 Å². The molecule has 2 unspecified atom stereocenters. The number of esters is 1. The number of rotatable bonds is 11. The van der Waals surface area contributed by atoms with Gasteiger partial charge in [0.2, 0.25) is 0 Å². The molecule has 0 aromatic heterocycles. The number of hydrogen-bond acceptors (Lipinski definition) is 4. The summed E-state index contributed by atoms with van der Waals surface area (Å²) in [6, 6.07) is 30.0. The quantitative estimate of drug-likeness (QED) is 0.105. The lowest BCUT2D eigenvalue weighted by molar-refractivity contribution is -0.144. The second-order valence-corrected chi connectivity index (χ2v) is 18.9. The molecule has 0 saturated carbocycles. The summed E-state index contributed by atoms with van der Waals surface area (Å²) in [5.74, 6) is 2.00. The molecule has 3 rings (SSSR count). The molecule has 3 aromatic carbocycles. The second kappa shape index (κ2) is 14.8. The maximum Gasteiger partial charge on any atom is 0.329 e. The van der Waals surface area contributed by atoms with E-state index in [0.717, 1.165) is 16.7 Å². The number of amides is 1. The molecule has 3 aromatic rings. The van der Waals surface area contributed by atoms with Crippen LogP contribution in [0.5, 0.6) is 0 Å². The predicted octanol–water partition coefficient (Wildman–Crippen LogP) is 7.98. The Balaban J connectivity index is 2.08. The summed E-state index contributed by atoms with van der Waals surface area (Å²) in [7, 11) is -0.759. The first kappa shape index (κ1) is 33.2. The zero-order chi connectivity index (χ0) is 30.9. The summed E-state index contributed by atoms with van der Waals surface area (Å²) in [6.45, 7) is 15.3. The van der Waals surface area contributed by atoms with E-state index in [0.29, 0.717) is 16.6 Å². The van der Waals surface area contributed by atoms with Crippen molar-refractivity contribution in [2.45, 2.75) is 81.1 Å². The van der Waals surface area contributed by atoms with Crippen LogP contribution in [-0.2, 0) is 19.1 Å². The van der Waals surface area contributed by atoms with Crippen molar-refractivity contribution in [3.63, 3.8) is 0 Å². The Morgan fingerprint density at radius 1 is 0.714 bits per heavy atom. The third-order valence-corrected chi connectivity index (χ3v) is 16.4. The molecule has 0 aliphatic heterocycles. The first-order valence-electron chi connectivity index (χ1n) is 14.8. The fourth-order valence-corrected chi connectivity index (χ4v) is 13.2. The van der Waals surface area contributed by atoms with Crippen LogP contribution in [0.15, 0.2) is 91.0 Å². The van der Waals surface area contributed by atoms with Crippen molar-refractivity contribution in [2.75, 3.05) is 7.11 Å². The van der Waals surface area contributed by atoms with E-state index in [1.165, 1.54) is 7.11 Å². The minimum absolute atomic E-state index is 0.369. The summed E-state index contributed by atoms with van der Waals surface area (Å²) in [5.41, 5.74) is 7.90. The fourth-order valence-electron chi connectivity index (χ4n) is 6.34. The van der Waals surface area contributed by atoms with Gasteiger partial charge in [0.05, 0.1) is 11.9 Å². The van der Waals surface area contributed by atoms with Crippen LogP contribution in [0.2, 0.25) is 16.6 Å². The molecule has 1 amide bonds. The van der Waals surface area contributed by atoms with Crippen LogP contribution in [0.3, 0.4) is 0 Å². The van der Waals surface area contributed by atoms with Crippen molar-refractivity contribution in [3.05, 3.63) is 108 Å². The van der Waals surface area contributed by atoms with E-state index >= 15 is 0 Å². The van der Waals surface area contributed by atoms with Crippen molar-refractivity contribution in [1.29, 1.82) is 0 Å². The van der Waals surface area contributed by atoms with Crippen molar-refractivity contribution < 1.29 is 14.3 Å². The summed E-state index contributed by atoms with van der Waals surface area (Å²) in [6.07, 6.45) is 0.